The average molecular weight is 539 g/mol. The summed E-state index contributed by atoms with van der Waals surface area (Å²) in [4.78, 5) is 14.3. The molecule has 0 saturated heterocycles. The fourth-order valence-corrected chi connectivity index (χ4v) is 5.93. The normalized spacial score (nSPS) is 17.7. The molecule has 0 bridgehead atoms. The van der Waals surface area contributed by atoms with E-state index in [1.165, 1.54) is 0 Å². The van der Waals surface area contributed by atoms with Crippen LogP contribution in [0.1, 0.15) is 81.3 Å². The monoisotopic (exact) mass is 538 g/mol. The van der Waals surface area contributed by atoms with Gasteiger partial charge in [0.15, 0.2) is 0 Å². The minimum absolute atomic E-state index is 0.00585. The Morgan fingerprint density at radius 3 is 2.50 bits per heavy atom. The third kappa shape index (κ3) is 5.74. The van der Waals surface area contributed by atoms with E-state index < -0.39 is 5.60 Å². The van der Waals surface area contributed by atoms with Gasteiger partial charge in [-0.15, -0.1) is 0 Å². The Kier molecular flexibility index (Phi) is 8.20. The molecule has 0 radical (unpaired) electrons. The van der Waals surface area contributed by atoms with Crippen molar-refractivity contribution in [2.75, 3.05) is 6.61 Å². The Bertz CT molecular complexity index is 1570. The molecular formula is C33H38N4O3. The van der Waals surface area contributed by atoms with E-state index in [2.05, 4.69) is 18.1 Å². The summed E-state index contributed by atoms with van der Waals surface area (Å²) in [5.74, 6) is 0. The van der Waals surface area contributed by atoms with E-state index in [1.54, 1.807) is 20.0 Å². The molecule has 208 valence electrons. The number of nitrogens with zero attached hydrogens (tertiary/aromatic N) is 4. The molecule has 40 heavy (non-hydrogen) atoms. The topological polar surface area (TPSA) is 92.5 Å². The van der Waals surface area contributed by atoms with E-state index in [0.717, 1.165) is 66.6 Å². The van der Waals surface area contributed by atoms with Crippen LogP contribution in [-0.2, 0) is 17.6 Å². The first-order valence-electron chi connectivity index (χ1n) is 14.3. The predicted octanol–water partition coefficient (Wildman–Crippen LogP) is 5.85. The largest absolute Gasteiger partial charge is 0.388 e. The van der Waals surface area contributed by atoms with Gasteiger partial charge in [0.1, 0.15) is 11.7 Å². The number of rotatable bonds is 9. The molecule has 0 unspecified atom stereocenters. The lowest BCUT2D eigenvalue weighted by molar-refractivity contribution is -0.0654. The minimum atomic E-state index is -0.859. The number of benzene rings is 2. The quantitative estimate of drug-likeness (QED) is 0.289. The van der Waals surface area contributed by atoms with E-state index in [-0.39, 0.29) is 17.7 Å². The number of nitriles is 1. The van der Waals surface area contributed by atoms with E-state index in [4.69, 9.17) is 4.74 Å². The lowest BCUT2D eigenvalue weighted by atomic mass is 9.91. The Balaban J connectivity index is 1.54. The zero-order valence-corrected chi connectivity index (χ0v) is 23.6. The number of hydrogen-bond acceptors (Lipinski definition) is 5. The SMILES string of the molecule is CCCc1c(Cc2cccc(-c3ccccc3)c2C#N)c(=O)n(C2CCC(OCC(C)(C)O)CC2)c2ccnn12. The molecule has 7 nitrogen and oxygen atoms in total. The molecule has 0 atom stereocenters. The zero-order valence-electron chi connectivity index (χ0n) is 23.6. The molecule has 2 heterocycles. The van der Waals surface area contributed by atoms with Crippen molar-refractivity contribution in [3.8, 4) is 17.2 Å². The first-order chi connectivity index (χ1) is 19.3. The van der Waals surface area contributed by atoms with Crippen LogP contribution in [0, 0.1) is 11.3 Å². The molecule has 2 aromatic heterocycles. The number of fused-ring (bicyclic) bond motifs is 1. The summed E-state index contributed by atoms with van der Waals surface area (Å²) >= 11 is 0. The summed E-state index contributed by atoms with van der Waals surface area (Å²) in [7, 11) is 0. The molecule has 5 rings (SSSR count). The molecule has 1 aliphatic carbocycles. The smallest absolute Gasteiger partial charge is 0.257 e. The number of ether oxygens (including phenoxy) is 1. The van der Waals surface area contributed by atoms with Crippen molar-refractivity contribution >= 4 is 5.65 Å². The third-order valence-corrected chi connectivity index (χ3v) is 7.83. The second-order valence-corrected chi connectivity index (χ2v) is 11.5. The molecule has 2 aromatic carbocycles. The lowest BCUT2D eigenvalue weighted by Gasteiger charge is -2.32. The lowest BCUT2D eigenvalue weighted by Crippen LogP contribution is -2.36. The van der Waals surface area contributed by atoms with Crippen LogP contribution in [0.4, 0.5) is 0 Å². The Labute approximate surface area is 235 Å². The fraction of sp³-hybridized carbons (Fsp3) is 0.424. The van der Waals surface area contributed by atoms with Gasteiger partial charge in [-0.2, -0.15) is 10.4 Å². The number of aryl methyl sites for hydroxylation is 1. The Hall–Kier alpha value is -3.73. The summed E-state index contributed by atoms with van der Waals surface area (Å²) in [6.07, 6.45) is 7.12. The fourth-order valence-electron chi connectivity index (χ4n) is 5.93. The number of aromatic nitrogens is 3. The molecule has 0 amide bonds. The Morgan fingerprint density at radius 1 is 1.07 bits per heavy atom. The van der Waals surface area contributed by atoms with E-state index in [1.807, 2.05) is 63.7 Å². The van der Waals surface area contributed by atoms with Crippen LogP contribution in [0.2, 0.25) is 0 Å². The molecule has 1 saturated carbocycles. The van der Waals surface area contributed by atoms with Gasteiger partial charge in [-0.1, -0.05) is 61.9 Å². The van der Waals surface area contributed by atoms with Gasteiger partial charge >= 0.3 is 0 Å². The molecular weight excluding hydrogens is 500 g/mol. The highest BCUT2D eigenvalue weighted by molar-refractivity contribution is 5.72. The van der Waals surface area contributed by atoms with Crippen molar-refractivity contribution in [3.05, 3.63) is 93.5 Å². The molecule has 7 heteroatoms. The van der Waals surface area contributed by atoms with Crippen molar-refractivity contribution in [3.63, 3.8) is 0 Å². The van der Waals surface area contributed by atoms with Gasteiger partial charge in [-0.3, -0.25) is 9.36 Å². The zero-order chi connectivity index (χ0) is 28.3. The molecule has 1 fully saturated rings. The average Bonchev–Trinajstić information content (AvgIpc) is 3.43. The highest BCUT2D eigenvalue weighted by Gasteiger charge is 2.29. The van der Waals surface area contributed by atoms with E-state index in [0.29, 0.717) is 24.2 Å². The van der Waals surface area contributed by atoms with Gasteiger partial charge in [-0.25, -0.2) is 4.52 Å². The number of aliphatic hydroxyl groups is 1. The number of hydrogen-bond donors (Lipinski definition) is 1. The van der Waals surface area contributed by atoms with Crippen molar-refractivity contribution in [2.24, 2.45) is 0 Å². The predicted molar refractivity (Wildman–Crippen MR) is 156 cm³/mol. The van der Waals surface area contributed by atoms with Gasteiger partial charge in [0.05, 0.1) is 35.8 Å². The van der Waals surface area contributed by atoms with Crippen LogP contribution >= 0.6 is 0 Å². The van der Waals surface area contributed by atoms with Crippen LogP contribution in [-0.4, -0.2) is 37.6 Å². The van der Waals surface area contributed by atoms with Gasteiger partial charge in [0.2, 0.25) is 0 Å². The van der Waals surface area contributed by atoms with Crippen molar-refractivity contribution in [1.29, 1.82) is 5.26 Å². The molecule has 0 aliphatic heterocycles. The van der Waals surface area contributed by atoms with Crippen molar-refractivity contribution in [2.45, 2.75) is 83.5 Å². The molecule has 4 aromatic rings. The summed E-state index contributed by atoms with van der Waals surface area (Å²) in [5, 5.41) is 24.9. The maximum Gasteiger partial charge on any atom is 0.257 e. The summed E-state index contributed by atoms with van der Waals surface area (Å²) in [5.41, 5.74) is 4.90. The van der Waals surface area contributed by atoms with E-state index >= 15 is 0 Å². The third-order valence-electron chi connectivity index (χ3n) is 7.83. The second kappa shape index (κ2) is 11.8. The van der Waals surface area contributed by atoms with Gasteiger partial charge in [-0.05, 0) is 62.6 Å². The van der Waals surface area contributed by atoms with Crippen molar-refractivity contribution in [1.82, 2.24) is 14.2 Å². The molecule has 0 spiro atoms. The summed E-state index contributed by atoms with van der Waals surface area (Å²) < 4.78 is 9.84. The second-order valence-electron chi connectivity index (χ2n) is 11.5. The van der Waals surface area contributed by atoms with Crippen LogP contribution < -0.4 is 5.56 Å². The summed E-state index contributed by atoms with van der Waals surface area (Å²) in [6, 6.07) is 20.2. The summed E-state index contributed by atoms with van der Waals surface area (Å²) in [6.45, 7) is 5.91. The standard InChI is InChI=1S/C33H38N4O3/c1-4-9-30-28(20-24-12-8-13-27(29(24)21-34)23-10-6-5-7-11-23)32(38)36(31-18-19-35-37(30)31)25-14-16-26(17-15-25)40-22-33(2,3)39/h5-8,10-13,18-19,25-26,39H,4,9,14-17,20,22H2,1-3H3. The van der Waals surface area contributed by atoms with Gasteiger partial charge in [0.25, 0.3) is 5.56 Å². The first kappa shape index (κ1) is 27.8. The van der Waals surface area contributed by atoms with Crippen LogP contribution in [0.3, 0.4) is 0 Å². The highest BCUT2D eigenvalue weighted by Crippen LogP contribution is 2.32. The van der Waals surface area contributed by atoms with Crippen molar-refractivity contribution < 1.29 is 9.84 Å². The maximum atomic E-state index is 14.3. The van der Waals surface area contributed by atoms with Gasteiger partial charge in [0, 0.05) is 24.1 Å². The maximum absolute atomic E-state index is 14.3. The highest BCUT2D eigenvalue weighted by atomic mass is 16.5. The van der Waals surface area contributed by atoms with E-state index in [9.17, 15) is 15.2 Å². The van der Waals surface area contributed by atoms with Crippen LogP contribution in [0.25, 0.3) is 16.8 Å². The van der Waals surface area contributed by atoms with Gasteiger partial charge < -0.3 is 9.84 Å². The Morgan fingerprint density at radius 2 is 1.82 bits per heavy atom. The molecule has 1 N–H and O–H groups in total. The molecule has 1 aliphatic rings. The minimum Gasteiger partial charge on any atom is -0.388 e. The first-order valence-corrected chi connectivity index (χ1v) is 14.3. The van der Waals surface area contributed by atoms with Crippen LogP contribution in [0.5, 0.6) is 0 Å². The van der Waals surface area contributed by atoms with Crippen LogP contribution in [0.15, 0.2) is 65.6 Å².